The summed E-state index contributed by atoms with van der Waals surface area (Å²) in [5.74, 6) is 0.0244. The minimum Gasteiger partial charge on any atom is -0.490 e. The van der Waals surface area contributed by atoms with E-state index in [1.165, 1.54) is 24.3 Å². The fourth-order valence-electron chi connectivity index (χ4n) is 2.47. The lowest BCUT2D eigenvalue weighted by molar-refractivity contribution is -0.384. The maximum absolute atomic E-state index is 11.9. The van der Waals surface area contributed by atoms with Crippen LogP contribution < -0.4 is 4.74 Å². The van der Waals surface area contributed by atoms with Crippen molar-refractivity contribution in [2.45, 2.75) is 59.0 Å². The maximum Gasteiger partial charge on any atom is 0.306 e. The molecule has 0 heterocycles. The van der Waals surface area contributed by atoms with E-state index >= 15 is 0 Å². The van der Waals surface area contributed by atoms with E-state index in [4.69, 9.17) is 14.2 Å². The van der Waals surface area contributed by atoms with Crippen molar-refractivity contribution in [3.63, 3.8) is 0 Å². The van der Waals surface area contributed by atoms with Crippen LogP contribution in [0.3, 0.4) is 0 Å². The zero-order valence-corrected chi connectivity index (χ0v) is 16.7. The van der Waals surface area contributed by atoms with Crippen molar-refractivity contribution in [3.8, 4) is 5.75 Å². The van der Waals surface area contributed by atoms with Gasteiger partial charge in [-0.2, -0.15) is 0 Å². The Bertz CT molecular complexity index is 628. The molecule has 1 unspecified atom stereocenters. The number of carbonyl (C=O) groups excluding carboxylic acids is 2. The van der Waals surface area contributed by atoms with Crippen LogP contribution in [0.1, 0.15) is 52.9 Å². The molecule has 0 aliphatic rings. The number of carbonyl (C=O) groups is 2. The molecule has 1 atom stereocenters. The van der Waals surface area contributed by atoms with Gasteiger partial charge in [-0.25, -0.2) is 0 Å². The standard InChI is InChI=1S/C20H29NO7/c1-4-6-18(15(2)3)28-20(23)8-5-7-19(22)27-14-13-26-17-11-9-16(10-12-17)21(24)25/h9-12,15,18H,4-8,13-14H2,1-3H3. The van der Waals surface area contributed by atoms with Gasteiger partial charge in [0.2, 0.25) is 0 Å². The van der Waals surface area contributed by atoms with Gasteiger partial charge < -0.3 is 14.2 Å². The van der Waals surface area contributed by atoms with Crippen molar-refractivity contribution < 1.29 is 28.7 Å². The molecule has 0 N–H and O–H groups in total. The molecule has 1 aromatic rings. The lowest BCUT2D eigenvalue weighted by atomic mass is 10.0. The third-order valence-corrected chi connectivity index (χ3v) is 4.02. The number of nitrogens with zero attached hydrogens (tertiary/aromatic N) is 1. The van der Waals surface area contributed by atoms with Crippen LogP contribution >= 0.6 is 0 Å². The molecule has 0 fully saturated rings. The highest BCUT2D eigenvalue weighted by Gasteiger charge is 2.17. The van der Waals surface area contributed by atoms with Crippen LogP contribution in [0.15, 0.2) is 24.3 Å². The van der Waals surface area contributed by atoms with E-state index in [0.717, 1.165) is 12.8 Å². The number of non-ortho nitro benzene ring substituents is 1. The zero-order valence-electron chi connectivity index (χ0n) is 16.7. The molecular formula is C20H29NO7. The highest BCUT2D eigenvalue weighted by atomic mass is 16.6. The van der Waals surface area contributed by atoms with Crippen molar-refractivity contribution in [1.29, 1.82) is 0 Å². The molecule has 0 saturated heterocycles. The Labute approximate surface area is 165 Å². The molecule has 156 valence electrons. The summed E-state index contributed by atoms with van der Waals surface area (Å²) < 4.78 is 15.8. The first-order valence-corrected chi connectivity index (χ1v) is 9.55. The molecule has 28 heavy (non-hydrogen) atoms. The number of hydrogen-bond donors (Lipinski definition) is 0. The van der Waals surface area contributed by atoms with E-state index in [9.17, 15) is 19.7 Å². The third kappa shape index (κ3) is 9.34. The maximum atomic E-state index is 11.9. The van der Waals surface area contributed by atoms with E-state index in [1.807, 2.05) is 20.8 Å². The molecule has 0 spiro atoms. The van der Waals surface area contributed by atoms with Crippen LogP contribution in [0.25, 0.3) is 0 Å². The Kier molecular flexibility index (Phi) is 10.6. The summed E-state index contributed by atoms with van der Waals surface area (Å²) in [7, 11) is 0. The number of nitro benzene ring substituents is 1. The van der Waals surface area contributed by atoms with Crippen LogP contribution in [-0.4, -0.2) is 36.2 Å². The van der Waals surface area contributed by atoms with Gasteiger partial charge in [0.15, 0.2) is 0 Å². The summed E-state index contributed by atoms with van der Waals surface area (Å²) in [5, 5.41) is 10.6. The molecule has 0 aliphatic heterocycles. The largest absolute Gasteiger partial charge is 0.490 e. The molecule has 0 saturated carbocycles. The monoisotopic (exact) mass is 395 g/mol. The normalized spacial score (nSPS) is 11.7. The number of esters is 2. The second-order valence-corrected chi connectivity index (χ2v) is 6.73. The van der Waals surface area contributed by atoms with Gasteiger partial charge in [-0.15, -0.1) is 0 Å². The van der Waals surface area contributed by atoms with Crippen molar-refractivity contribution in [1.82, 2.24) is 0 Å². The molecular weight excluding hydrogens is 366 g/mol. The summed E-state index contributed by atoms with van der Waals surface area (Å²) in [6.07, 6.45) is 2.39. The number of nitro groups is 1. The molecule has 0 radical (unpaired) electrons. The molecule has 0 aromatic heterocycles. The van der Waals surface area contributed by atoms with Crippen LogP contribution in [0.2, 0.25) is 0 Å². The predicted octanol–water partition coefficient (Wildman–Crippen LogP) is 4.06. The van der Waals surface area contributed by atoms with Crippen molar-refractivity contribution >= 4 is 17.6 Å². The first-order valence-electron chi connectivity index (χ1n) is 9.55. The lowest BCUT2D eigenvalue weighted by Gasteiger charge is -2.20. The molecule has 8 heteroatoms. The summed E-state index contributed by atoms with van der Waals surface area (Å²) in [4.78, 5) is 33.6. The fourth-order valence-corrected chi connectivity index (χ4v) is 2.47. The fraction of sp³-hybridized carbons (Fsp3) is 0.600. The van der Waals surface area contributed by atoms with Gasteiger partial charge >= 0.3 is 11.9 Å². The van der Waals surface area contributed by atoms with Gasteiger partial charge in [0.05, 0.1) is 4.92 Å². The number of ether oxygens (including phenoxy) is 3. The van der Waals surface area contributed by atoms with Gasteiger partial charge in [0.1, 0.15) is 25.1 Å². The first kappa shape index (κ1) is 23.4. The van der Waals surface area contributed by atoms with Gasteiger partial charge in [-0.05, 0) is 30.9 Å². The quantitative estimate of drug-likeness (QED) is 0.215. The summed E-state index contributed by atoms with van der Waals surface area (Å²) in [6, 6.07) is 5.64. The second-order valence-electron chi connectivity index (χ2n) is 6.73. The van der Waals surface area contributed by atoms with Gasteiger partial charge in [0.25, 0.3) is 5.69 Å². The van der Waals surface area contributed by atoms with Gasteiger partial charge in [-0.1, -0.05) is 27.2 Å². The lowest BCUT2D eigenvalue weighted by Crippen LogP contribution is -2.23. The number of rotatable bonds is 13. The first-order chi connectivity index (χ1) is 13.3. The molecule has 0 bridgehead atoms. The Hall–Kier alpha value is -2.64. The molecule has 0 aliphatic carbocycles. The molecule has 1 rings (SSSR count). The summed E-state index contributed by atoms with van der Waals surface area (Å²) >= 11 is 0. The topological polar surface area (TPSA) is 105 Å². The van der Waals surface area contributed by atoms with Crippen molar-refractivity contribution in [2.24, 2.45) is 5.92 Å². The molecule has 0 amide bonds. The van der Waals surface area contributed by atoms with Crippen molar-refractivity contribution in [3.05, 3.63) is 34.4 Å². The SMILES string of the molecule is CCCC(OC(=O)CCCC(=O)OCCOc1ccc([N+](=O)[O-])cc1)C(C)C. The number of hydrogen-bond acceptors (Lipinski definition) is 7. The second kappa shape index (κ2) is 12.7. The minimum absolute atomic E-state index is 0.0216. The van der Waals surface area contributed by atoms with Gasteiger partial charge in [0, 0.05) is 25.0 Å². The van der Waals surface area contributed by atoms with Crippen LogP contribution in [0.5, 0.6) is 5.75 Å². The Morgan fingerprint density at radius 3 is 2.29 bits per heavy atom. The van der Waals surface area contributed by atoms with E-state index in [2.05, 4.69) is 0 Å². The minimum atomic E-state index is -0.492. The van der Waals surface area contributed by atoms with E-state index < -0.39 is 10.9 Å². The third-order valence-electron chi connectivity index (χ3n) is 4.02. The van der Waals surface area contributed by atoms with Crippen LogP contribution in [0.4, 0.5) is 5.69 Å². The van der Waals surface area contributed by atoms with Gasteiger partial charge in [-0.3, -0.25) is 19.7 Å². The van der Waals surface area contributed by atoms with E-state index in [1.54, 1.807) is 0 Å². The van der Waals surface area contributed by atoms with E-state index in [-0.39, 0.29) is 49.7 Å². The predicted molar refractivity (Wildman–Crippen MR) is 103 cm³/mol. The average molecular weight is 395 g/mol. The zero-order chi connectivity index (χ0) is 20.9. The smallest absolute Gasteiger partial charge is 0.306 e. The number of benzene rings is 1. The van der Waals surface area contributed by atoms with E-state index in [0.29, 0.717) is 12.2 Å². The highest BCUT2D eigenvalue weighted by Crippen LogP contribution is 2.17. The summed E-state index contributed by atoms with van der Waals surface area (Å²) in [6.45, 7) is 6.28. The van der Waals surface area contributed by atoms with Crippen LogP contribution in [0, 0.1) is 16.0 Å². The van der Waals surface area contributed by atoms with Crippen molar-refractivity contribution in [2.75, 3.05) is 13.2 Å². The molecule has 1 aromatic carbocycles. The Balaban J connectivity index is 2.16. The Morgan fingerprint density at radius 1 is 1.07 bits per heavy atom. The molecule has 8 nitrogen and oxygen atoms in total. The highest BCUT2D eigenvalue weighted by molar-refractivity contribution is 5.72. The van der Waals surface area contributed by atoms with Crippen LogP contribution in [-0.2, 0) is 19.1 Å². The Morgan fingerprint density at radius 2 is 1.71 bits per heavy atom. The average Bonchev–Trinajstić information content (AvgIpc) is 2.65. The summed E-state index contributed by atoms with van der Waals surface area (Å²) in [5.41, 5.74) is -0.0216.